The summed E-state index contributed by atoms with van der Waals surface area (Å²) in [5.74, 6) is -1.05. The van der Waals surface area contributed by atoms with Gasteiger partial charge in [0.15, 0.2) is 6.10 Å². The standard InChI is InChI=1S/C45H57IN4O6/c1-8-42(53)23-28-22-41(5,36-30(13-17-49(24-28)25-42)31-20-29(46)11-12-34(31)47-36)32-21-33-35(19-26(32)3)48(6)38-44(33)15-18-50-16-10-14-43(9-2,37(44)50)39(56-27(4)51)45(38,54)40(52)55-7/h10-12,14,19-21,28,37-39,47,53-54H,8-9,13,15-18,22-25H2,1-7H3/t28-,37+,38?,39-,41-,42+,43-,44-,45?/m1/s1. The van der Waals surface area contributed by atoms with Gasteiger partial charge in [0.05, 0.1) is 18.8 Å². The minimum absolute atomic E-state index is 0.144. The molecule has 56 heavy (non-hydrogen) atoms. The Morgan fingerprint density at radius 3 is 2.55 bits per heavy atom. The van der Waals surface area contributed by atoms with Gasteiger partial charge in [-0.2, -0.15) is 0 Å². The molecule has 0 amide bonds. The molecule has 2 aromatic carbocycles. The molecular weight excluding hydrogens is 819 g/mol. The SMILES string of the molecule is CC[C@]1(O)C[C@@H]2CN(CCc3c([nH]c4ccc(I)cc34)[C@@](C)(c3cc4c(cc3C)N(C)C3C(O)(C(=O)OC)[C@H](OC(C)=O)[C@]5(CC)C=CCN6CC[C@]43[C@@H]65)C2)C1. The van der Waals surface area contributed by atoms with Crippen LogP contribution in [0.5, 0.6) is 0 Å². The van der Waals surface area contributed by atoms with Crippen LogP contribution in [0.15, 0.2) is 42.5 Å². The fraction of sp³-hybridized carbons (Fsp3) is 0.600. The fourth-order valence-corrected chi connectivity index (χ4v) is 14.0. The average molecular weight is 877 g/mol. The molecule has 3 unspecified atom stereocenters. The number of nitrogens with zero attached hydrogens (tertiary/aromatic N) is 3. The van der Waals surface area contributed by atoms with E-state index in [0.29, 0.717) is 13.0 Å². The van der Waals surface area contributed by atoms with Gasteiger partial charge in [-0.05, 0) is 134 Å². The number of carbonyl (C=O) groups excluding carboxylic acids is 2. The number of rotatable bonds is 5. The average Bonchev–Trinajstić information content (AvgIpc) is 3.82. The molecule has 300 valence electrons. The first-order valence-electron chi connectivity index (χ1n) is 20.6. The van der Waals surface area contributed by atoms with E-state index in [1.54, 1.807) is 0 Å². The van der Waals surface area contributed by atoms with Crippen LogP contribution in [0.4, 0.5) is 5.69 Å². The molecule has 9 rings (SSSR count). The highest BCUT2D eigenvalue weighted by Crippen LogP contribution is 2.68. The van der Waals surface area contributed by atoms with Crippen molar-refractivity contribution in [1.29, 1.82) is 0 Å². The Morgan fingerprint density at radius 2 is 1.84 bits per heavy atom. The number of esters is 2. The van der Waals surface area contributed by atoms with Gasteiger partial charge in [-0.1, -0.05) is 32.1 Å². The predicted molar refractivity (Wildman–Crippen MR) is 225 cm³/mol. The van der Waals surface area contributed by atoms with Crippen LogP contribution >= 0.6 is 22.6 Å². The van der Waals surface area contributed by atoms with Crippen molar-refractivity contribution in [2.24, 2.45) is 11.3 Å². The van der Waals surface area contributed by atoms with Gasteiger partial charge in [0.1, 0.15) is 0 Å². The molecule has 2 bridgehead atoms. The number of aliphatic hydroxyl groups is 2. The van der Waals surface area contributed by atoms with Crippen molar-refractivity contribution in [3.63, 3.8) is 0 Å². The fourth-order valence-electron chi connectivity index (χ4n) is 13.5. The van der Waals surface area contributed by atoms with Crippen molar-refractivity contribution < 1.29 is 29.3 Å². The van der Waals surface area contributed by atoms with Crippen LogP contribution in [0, 0.1) is 21.8 Å². The lowest BCUT2D eigenvalue weighted by Crippen LogP contribution is -2.81. The van der Waals surface area contributed by atoms with Crippen LogP contribution in [-0.2, 0) is 36.3 Å². The lowest BCUT2D eigenvalue weighted by molar-refractivity contribution is -0.228. The van der Waals surface area contributed by atoms with Crippen molar-refractivity contribution >= 4 is 51.1 Å². The number of aromatic nitrogens is 1. The second-order valence-electron chi connectivity index (χ2n) is 18.4. The molecular formula is C45H57IN4O6. The number of fused-ring (bicyclic) bond motifs is 6. The number of benzene rings is 2. The minimum Gasteiger partial charge on any atom is -0.467 e. The van der Waals surface area contributed by atoms with Crippen LogP contribution in [-0.4, -0.2) is 113 Å². The number of nitrogens with one attached hydrogen (secondary N) is 1. The maximum atomic E-state index is 14.3. The molecule has 3 aromatic rings. The summed E-state index contributed by atoms with van der Waals surface area (Å²) in [6, 6.07) is 10.5. The van der Waals surface area contributed by atoms with Crippen LogP contribution in [0.2, 0.25) is 0 Å². The lowest BCUT2D eigenvalue weighted by Gasteiger charge is -2.63. The van der Waals surface area contributed by atoms with Gasteiger partial charge in [-0.3, -0.25) is 14.6 Å². The van der Waals surface area contributed by atoms with Crippen LogP contribution < -0.4 is 4.90 Å². The summed E-state index contributed by atoms with van der Waals surface area (Å²) in [5, 5.41) is 26.4. The highest BCUT2D eigenvalue weighted by molar-refractivity contribution is 14.1. The van der Waals surface area contributed by atoms with Crippen molar-refractivity contribution in [1.82, 2.24) is 14.8 Å². The molecule has 5 aliphatic heterocycles. The molecule has 2 saturated heterocycles. The molecule has 10 nitrogen and oxygen atoms in total. The molecule has 6 heterocycles. The quantitative estimate of drug-likeness (QED) is 0.168. The summed E-state index contributed by atoms with van der Waals surface area (Å²) in [7, 11) is 3.30. The Kier molecular flexibility index (Phi) is 8.96. The Morgan fingerprint density at radius 1 is 1.05 bits per heavy atom. The summed E-state index contributed by atoms with van der Waals surface area (Å²) < 4.78 is 12.9. The number of methoxy groups -OCH3 is 1. The first-order valence-corrected chi connectivity index (χ1v) is 21.7. The lowest BCUT2D eigenvalue weighted by atomic mass is 9.47. The smallest absolute Gasteiger partial charge is 0.344 e. The maximum Gasteiger partial charge on any atom is 0.344 e. The van der Waals surface area contributed by atoms with Gasteiger partial charge in [0.25, 0.3) is 0 Å². The van der Waals surface area contributed by atoms with Crippen molar-refractivity contribution in [2.45, 2.75) is 113 Å². The van der Waals surface area contributed by atoms with Crippen LogP contribution in [0.3, 0.4) is 0 Å². The number of aryl methyl sites for hydroxylation is 1. The number of anilines is 1. The van der Waals surface area contributed by atoms with E-state index in [1.165, 1.54) is 39.8 Å². The van der Waals surface area contributed by atoms with Gasteiger partial charge in [0.2, 0.25) is 5.60 Å². The Hall–Kier alpha value is -2.97. The van der Waals surface area contributed by atoms with E-state index in [1.807, 2.05) is 7.05 Å². The Balaban J connectivity index is 1.30. The number of halogens is 1. The summed E-state index contributed by atoms with van der Waals surface area (Å²) in [6.45, 7) is 14.2. The Bertz CT molecular complexity index is 2170. The number of ether oxygens (including phenoxy) is 2. The molecule has 1 aromatic heterocycles. The third-order valence-corrected chi connectivity index (χ3v) is 16.2. The molecule has 1 aliphatic carbocycles. The zero-order chi connectivity index (χ0) is 39.7. The molecule has 11 heteroatoms. The predicted octanol–water partition coefficient (Wildman–Crippen LogP) is 5.74. The normalized spacial score (nSPS) is 38.5. The summed E-state index contributed by atoms with van der Waals surface area (Å²) >= 11 is 2.42. The molecule has 6 aliphatic rings. The summed E-state index contributed by atoms with van der Waals surface area (Å²) in [5.41, 5.74) is 3.34. The highest BCUT2D eigenvalue weighted by atomic mass is 127. The van der Waals surface area contributed by atoms with Crippen molar-refractivity contribution in [3.05, 3.63) is 74.0 Å². The van der Waals surface area contributed by atoms with Gasteiger partial charge in [-0.15, -0.1) is 0 Å². The second kappa shape index (κ2) is 13.0. The van der Waals surface area contributed by atoms with Crippen molar-refractivity contribution in [2.75, 3.05) is 51.8 Å². The van der Waals surface area contributed by atoms with E-state index in [4.69, 9.17) is 9.47 Å². The van der Waals surface area contributed by atoms with Gasteiger partial charge < -0.3 is 29.6 Å². The molecule has 0 radical (unpaired) electrons. The van der Waals surface area contributed by atoms with E-state index in [2.05, 4.69) is 112 Å². The molecule has 3 fully saturated rings. The van der Waals surface area contributed by atoms with E-state index in [0.717, 1.165) is 80.6 Å². The second-order valence-corrected chi connectivity index (χ2v) is 19.6. The van der Waals surface area contributed by atoms with Crippen molar-refractivity contribution in [3.8, 4) is 0 Å². The van der Waals surface area contributed by atoms with E-state index < -0.39 is 51.5 Å². The maximum absolute atomic E-state index is 14.3. The number of aromatic amines is 1. The third kappa shape index (κ3) is 5.05. The molecule has 3 N–H and O–H groups in total. The molecule has 1 saturated carbocycles. The minimum atomic E-state index is -2.16. The highest BCUT2D eigenvalue weighted by Gasteiger charge is 2.80. The third-order valence-electron chi connectivity index (χ3n) is 15.5. The number of hydrogen-bond acceptors (Lipinski definition) is 9. The Labute approximate surface area is 344 Å². The van der Waals surface area contributed by atoms with Gasteiger partial charge in [-0.25, -0.2) is 4.79 Å². The van der Waals surface area contributed by atoms with Crippen LogP contribution in [0.25, 0.3) is 10.9 Å². The first kappa shape index (κ1) is 38.5. The van der Waals surface area contributed by atoms with E-state index >= 15 is 0 Å². The monoisotopic (exact) mass is 876 g/mol. The zero-order valence-corrected chi connectivity index (χ0v) is 36.0. The van der Waals surface area contributed by atoms with Gasteiger partial charge in [0, 0.05) is 88.3 Å². The largest absolute Gasteiger partial charge is 0.467 e. The molecule has 1 spiro atoms. The van der Waals surface area contributed by atoms with E-state index in [9.17, 15) is 19.8 Å². The number of hydrogen-bond donors (Lipinski definition) is 3. The number of likely N-dealkylation sites (N-methyl/N-ethyl adjacent to an activating group) is 1. The first-order chi connectivity index (χ1) is 26.6. The van der Waals surface area contributed by atoms with E-state index in [-0.39, 0.29) is 12.0 Å². The summed E-state index contributed by atoms with van der Waals surface area (Å²) in [6.07, 6.45) is 7.59. The number of H-pyrrole nitrogens is 1. The summed E-state index contributed by atoms with van der Waals surface area (Å²) in [4.78, 5) is 38.4. The topological polar surface area (TPSA) is 119 Å². The van der Waals surface area contributed by atoms with Crippen LogP contribution in [0.1, 0.15) is 87.7 Å². The van der Waals surface area contributed by atoms with Gasteiger partial charge >= 0.3 is 11.9 Å². The zero-order valence-electron chi connectivity index (χ0n) is 33.9. The number of piperidine rings is 1. The number of carbonyl (C=O) groups is 2. The molecule has 10 atom stereocenters.